The molecule has 3 aromatic rings. The first-order chi connectivity index (χ1) is 11.9. The minimum Gasteiger partial charge on any atom is -0.481 e. The van der Waals surface area contributed by atoms with Crippen LogP contribution in [0.2, 0.25) is 0 Å². The molecule has 3 rings (SSSR count). The molecule has 2 aromatic heterocycles. The van der Waals surface area contributed by atoms with E-state index >= 15 is 0 Å². The molecule has 0 aliphatic carbocycles. The average Bonchev–Trinajstić information content (AvgIpc) is 2.90. The molecule has 6 nitrogen and oxygen atoms in total. The number of pyridine rings is 1. The van der Waals surface area contributed by atoms with Gasteiger partial charge in [-0.25, -0.2) is 9.97 Å². The molecule has 0 saturated carbocycles. The summed E-state index contributed by atoms with van der Waals surface area (Å²) in [5.41, 5.74) is 3.35. The molecule has 1 N–H and O–H groups in total. The van der Waals surface area contributed by atoms with Crippen molar-refractivity contribution in [3.05, 3.63) is 47.4 Å². The zero-order chi connectivity index (χ0) is 18.1. The van der Waals surface area contributed by atoms with Crippen molar-refractivity contribution in [3.8, 4) is 11.6 Å². The summed E-state index contributed by atoms with van der Waals surface area (Å²) in [6.07, 6.45) is 0.0297. The van der Waals surface area contributed by atoms with E-state index in [-0.39, 0.29) is 12.5 Å². The summed E-state index contributed by atoms with van der Waals surface area (Å²) >= 11 is 0. The maximum absolute atomic E-state index is 11.1. The van der Waals surface area contributed by atoms with Gasteiger partial charge in [-0.1, -0.05) is 18.2 Å². The second kappa shape index (κ2) is 6.55. The molecule has 130 valence electrons. The Morgan fingerprint density at radius 3 is 2.52 bits per heavy atom. The summed E-state index contributed by atoms with van der Waals surface area (Å²) in [5, 5.41) is 9.15. The van der Waals surface area contributed by atoms with Crippen molar-refractivity contribution in [2.45, 2.75) is 40.2 Å². The Bertz CT molecular complexity index is 932. The highest BCUT2D eigenvalue weighted by molar-refractivity contribution is 5.85. The Morgan fingerprint density at radius 2 is 1.88 bits per heavy atom. The second-order valence-electron chi connectivity index (χ2n) is 6.22. The zero-order valence-corrected chi connectivity index (χ0v) is 14.8. The van der Waals surface area contributed by atoms with Crippen LogP contribution in [0.1, 0.15) is 36.5 Å². The van der Waals surface area contributed by atoms with Gasteiger partial charge in [0.1, 0.15) is 11.6 Å². The minimum absolute atomic E-state index is 0.0297. The molecule has 1 unspecified atom stereocenters. The predicted molar refractivity (Wildman–Crippen MR) is 95.2 cm³/mol. The largest absolute Gasteiger partial charge is 0.481 e. The van der Waals surface area contributed by atoms with Gasteiger partial charge in [-0.2, -0.15) is 0 Å². The third kappa shape index (κ3) is 3.20. The Hall–Kier alpha value is -2.89. The van der Waals surface area contributed by atoms with Gasteiger partial charge in [-0.05, 0) is 45.4 Å². The van der Waals surface area contributed by atoms with E-state index < -0.39 is 5.97 Å². The molecule has 25 heavy (non-hydrogen) atoms. The molecular formula is C19H21N3O3. The average molecular weight is 339 g/mol. The van der Waals surface area contributed by atoms with E-state index in [0.29, 0.717) is 17.1 Å². The van der Waals surface area contributed by atoms with Gasteiger partial charge in [0.05, 0.1) is 11.9 Å². The van der Waals surface area contributed by atoms with Crippen molar-refractivity contribution in [2.24, 2.45) is 0 Å². The van der Waals surface area contributed by atoms with Crippen LogP contribution in [0, 0.1) is 20.8 Å². The normalized spacial score (nSPS) is 12.3. The third-order valence-electron chi connectivity index (χ3n) is 4.33. The van der Waals surface area contributed by atoms with Gasteiger partial charge in [-0.3, -0.25) is 4.79 Å². The van der Waals surface area contributed by atoms with Gasteiger partial charge in [-0.15, -0.1) is 0 Å². The van der Waals surface area contributed by atoms with Crippen molar-refractivity contribution in [3.63, 3.8) is 0 Å². The van der Waals surface area contributed by atoms with Gasteiger partial charge in [0.2, 0.25) is 5.88 Å². The fourth-order valence-electron chi connectivity index (χ4n) is 3.07. The van der Waals surface area contributed by atoms with Crippen LogP contribution in [-0.2, 0) is 4.79 Å². The zero-order valence-electron chi connectivity index (χ0n) is 14.8. The molecule has 0 amide bonds. The van der Waals surface area contributed by atoms with E-state index in [0.717, 1.165) is 22.6 Å². The number of ether oxygens (including phenoxy) is 1. The number of carboxylic acids is 1. The molecule has 2 heterocycles. The summed E-state index contributed by atoms with van der Waals surface area (Å²) in [5.74, 6) is 1.04. The van der Waals surface area contributed by atoms with Gasteiger partial charge in [0.15, 0.2) is 5.52 Å². The number of aliphatic carboxylic acids is 1. The summed E-state index contributed by atoms with van der Waals surface area (Å²) < 4.78 is 7.92. The lowest BCUT2D eigenvalue weighted by atomic mass is 10.1. The molecule has 0 fully saturated rings. The molecule has 1 aromatic carbocycles. The van der Waals surface area contributed by atoms with E-state index in [2.05, 4.69) is 9.97 Å². The lowest BCUT2D eigenvalue weighted by Gasteiger charge is -2.16. The quantitative estimate of drug-likeness (QED) is 0.754. The highest BCUT2D eigenvalue weighted by Gasteiger charge is 2.22. The number of para-hydroxylation sites is 1. The first-order valence-corrected chi connectivity index (χ1v) is 8.19. The van der Waals surface area contributed by atoms with E-state index in [1.54, 1.807) is 0 Å². The van der Waals surface area contributed by atoms with Crippen LogP contribution in [0.4, 0.5) is 0 Å². The molecule has 0 aliphatic rings. The minimum atomic E-state index is -0.835. The molecule has 0 bridgehead atoms. The highest BCUT2D eigenvalue weighted by atomic mass is 16.5. The molecule has 0 radical (unpaired) electrons. The standard InChI is InChI=1S/C19H21N3O3/c1-11(10-16(23)24)22-14(4)21-17-18(22)12(2)13(3)20-19(17)25-15-8-6-5-7-9-15/h5-9,11H,10H2,1-4H3,(H,23,24). The molecule has 1 atom stereocenters. The molecule has 6 heteroatoms. The maximum Gasteiger partial charge on any atom is 0.305 e. The first kappa shape index (κ1) is 17.0. The van der Waals surface area contributed by atoms with Crippen LogP contribution >= 0.6 is 0 Å². The van der Waals surface area contributed by atoms with Crippen LogP contribution in [0.15, 0.2) is 30.3 Å². The van der Waals surface area contributed by atoms with Crippen molar-refractivity contribution in [2.75, 3.05) is 0 Å². The van der Waals surface area contributed by atoms with Crippen molar-refractivity contribution < 1.29 is 14.6 Å². The third-order valence-corrected chi connectivity index (χ3v) is 4.33. The highest BCUT2D eigenvalue weighted by Crippen LogP contribution is 2.33. The molecule has 0 saturated heterocycles. The number of benzene rings is 1. The van der Waals surface area contributed by atoms with Crippen LogP contribution in [-0.4, -0.2) is 25.6 Å². The predicted octanol–water partition coefficient (Wildman–Crippen LogP) is 4.18. The summed E-state index contributed by atoms with van der Waals surface area (Å²) in [6, 6.07) is 9.22. The fraction of sp³-hybridized carbons (Fsp3) is 0.316. The Labute approximate surface area is 146 Å². The monoisotopic (exact) mass is 339 g/mol. The van der Waals surface area contributed by atoms with Gasteiger partial charge >= 0.3 is 5.97 Å². The topological polar surface area (TPSA) is 77.2 Å². The maximum atomic E-state index is 11.1. The van der Waals surface area contributed by atoms with E-state index in [4.69, 9.17) is 9.84 Å². The Balaban J connectivity index is 2.18. The van der Waals surface area contributed by atoms with E-state index in [9.17, 15) is 4.79 Å². The molecule has 0 spiro atoms. The van der Waals surface area contributed by atoms with Gasteiger partial charge in [0, 0.05) is 11.7 Å². The number of hydrogen-bond acceptors (Lipinski definition) is 4. The number of carboxylic acid groups (broad SMARTS) is 1. The smallest absolute Gasteiger partial charge is 0.305 e. The van der Waals surface area contributed by atoms with Crippen LogP contribution in [0.3, 0.4) is 0 Å². The number of nitrogens with zero attached hydrogens (tertiary/aromatic N) is 3. The summed E-state index contributed by atoms with van der Waals surface area (Å²) in [7, 11) is 0. The van der Waals surface area contributed by atoms with Crippen LogP contribution < -0.4 is 4.74 Å². The Morgan fingerprint density at radius 1 is 1.20 bits per heavy atom. The van der Waals surface area contributed by atoms with Crippen molar-refractivity contribution >= 4 is 17.0 Å². The SMILES string of the molecule is Cc1nc(Oc2ccccc2)c2nc(C)n(C(C)CC(=O)O)c2c1C. The van der Waals surface area contributed by atoms with Gasteiger partial charge in [0.25, 0.3) is 0 Å². The van der Waals surface area contributed by atoms with E-state index in [1.807, 2.05) is 62.6 Å². The number of carbonyl (C=O) groups is 1. The van der Waals surface area contributed by atoms with Gasteiger partial charge < -0.3 is 14.4 Å². The second-order valence-corrected chi connectivity index (χ2v) is 6.22. The molecular weight excluding hydrogens is 318 g/mol. The number of rotatable bonds is 5. The lowest BCUT2D eigenvalue weighted by molar-refractivity contribution is -0.137. The number of aromatic nitrogens is 3. The van der Waals surface area contributed by atoms with Crippen molar-refractivity contribution in [1.29, 1.82) is 0 Å². The first-order valence-electron chi connectivity index (χ1n) is 8.19. The lowest BCUT2D eigenvalue weighted by Crippen LogP contribution is -2.12. The fourth-order valence-corrected chi connectivity index (χ4v) is 3.07. The molecule has 0 aliphatic heterocycles. The number of imidazole rings is 1. The van der Waals surface area contributed by atoms with E-state index in [1.165, 1.54) is 0 Å². The van der Waals surface area contributed by atoms with Crippen LogP contribution in [0.5, 0.6) is 11.6 Å². The summed E-state index contributed by atoms with van der Waals surface area (Å²) in [6.45, 7) is 7.65. The van der Waals surface area contributed by atoms with Crippen LogP contribution in [0.25, 0.3) is 11.0 Å². The number of hydrogen-bond donors (Lipinski definition) is 1. The summed E-state index contributed by atoms with van der Waals surface area (Å²) in [4.78, 5) is 20.3. The van der Waals surface area contributed by atoms with Crippen molar-refractivity contribution in [1.82, 2.24) is 14.5 Å². The number of fused-ring (bicyclic) bond motifs is 1. The Kier molecular flexibility index (Phi) is 4.44. The number of aryl methyl sites for hydroxylation is 3.